The molecule has 0 saturated carbocycles. The second-order valence-electron chi connectivity index (χ2n) is 7.61. The van der Waals surface area contributed by atoms with E-state index in [1.807, 2.05) is 13.1 Å². The summed E-state index contributed by atoms with van der Waals surface area (Å²) in [5.41, 5.74) is 0. The molecule has 3 saturated heterocycles. The molecule has 1 N–H and O–H groups in total. The van der Waals surface area contributed by atoms with Gasteiger partial charge in [-0.25, -0.2) is 0 Å². The highest BCUT2D eigenvalue weighted by Gasteiger charge is 2.33. The molecule has 7 nitrogen and oxygen atoms in total. The van der Waals surface area contributed by atoms with Crippen molar-refractivity contribution in [2.45, 2.75) is 43.9 Å². The summed E-state index contributed by atoms with van der Waals surface area (Å²) < 4.78 is 17.6. The maximum absolute atomic E-state index is 5.98. The maximum Gasteiger partial charge on any atom is 0.193 e. The summed E-state index contributed by atoms with van der Waals surface area (Å²) in [4.78, 5) is 9.35. The Morgan fingerprint density at radius 3 is 2.68 bits per heavy atom. The van der Waals surface area contributed by atoms with Gasteiger partial charge in [0.25, 0.3) is 0 Å². The first-order chi connectivity index (χ1) is 13.3. The molecule has 0 radical (unpaired) electrons. The molecular weight excluding hydrogens is 471 g/mol. The fraction of sp³-hybridized carbons (Fsp3) is 0.750. The molecule has 4 rings (SSSR count). The van der Waals surface area contributed by atoms with E-state index in [9.17, 15) is 0 Å². The number of aliphatic imine (C=N–C) groups is 1. The highest BCUT2D eigenvalue weighted by Crippen LogP contribution is 2.25. The number of furan rings is 1. The first-order valence-electron chi connectivity index (χ1n) is 10.3. The van der Waals surface area contributed by atoms with Crippen molar-refractivity contribution in [2.75, 3.05) is 53.0 Å². The lowest BCUT2D eigenvalue weighted by molar-refractivity contribution is -0.0817. The second-order valence-corrected chi connectivity index (χ2v) is 7.61. The van der Waals surface area contributed by atoms with Crippen LogP contribution in [0.25, 0.3) is 0 Å². The molecular formula is C20H33IN4O3. The van der Waals surface area contributed by atoms with Crippen molar-refractivity contribution in [1.29, 1.82) is 0 Å². The molecule has 0 bridgehead atoms. The molecule has 3 atom stereocenters. The minimum atomic E-state index is 0. The molecule has 158 valence electrons. The van der Waals surface area contributed by atoms with E-state index in [2.05, 4.69) is 26.2 Å². The van der Waals surface area contributed by atoms with Gasteiger partial charge in [0.1, 0.15) is 11.9 Å². The Morgan fingerprint density at radius 1 is 1.18 bits per heavy atom. The van der Waals surface area contributed by atoms with Gasteiger partial charge in [-0.05, 0) is 50.9 Å². The SMILES string of the molecule is CN=C(NCC(c1ccco1)N1CCCC1)N1CCOC(C2CCCO2)C1.I. The minimum absolute atomic E-state index is 0. The van der Waals surface area contributed by atoms with Gasteiger partial charge in [0, 0.05) is 33.3 Å². The fourth-order valence-electron chi connectivity index (χ4n) is 4.45. The van der Waals surface area contributed by atoms with Crippen LogP contribution in [0.2, 0.25) is 0 Å². The molecule has 8 heteroatoms. The van der Waals surface area contributed by atoms with Crippen molar-refractivity contribution in [3.63, 3.8) is 0 Å². The first kappa shape index (κ1) is 21.9. The number of likely N-dealkylation sites (tertiary alicyclic amines) is 1. The van der Waals surface area contributed by atoms with Crippen LogP contribution >= 0.6 is 24.0 Å². The average Bonchev–Trinajstić information content (AvgIpc) is 3.49. The van der Waals surface area contributed by atoms with Crippen LogP contribution in [-0.2, 0) is 9.47 Å². The zero-order valence-corrected chi connectivity index (χ0v) is 19.0. The third-order valence-electron chi connectivity index (χ3n) is 5.89. The molecule has 4 heterocycles. The summed E-state index contributed by atoms with van der Waals surface area (Å²) in [6.07, 6.45) is 6.89. The van der Waals surface area contributed by atoms with Crippen LogP contribution in [-0.4, -0.2) is 81.0 Å². The number of halogens is 1. The van der Waals surface area contributed by atoms with Crippen molar-refractivity contribution < 1.29 is 13.9 Å². The topological polar surface area (TPSA) is 62.5 Å². The van der Waals surface area contributed by atoms with Gasteiger partial charge in [0.15, 0.2) is 5.96 Å². The van der Waals surface area contributed by atoms with Crippen molar-refractivity contribution in [1.82, 2.24) is 15.1 Å². The number of rotatable bonds is 5. The van der Waals surface area contributed by atoms with Gasteiger partial charge in [-0.2, -0.15) is 0 Å². The lowest BCUT2D eigenvalue weighted by Gasteiger charge is -2.37. The number of guanidine groups is 1. The van der Waals surface area contributed by atoms with Crippen LogP contribution in [0.5, 0.6) is 0 Å². The normalized spacial score (nSPS) is 27.6. The fourth-order valence-corrected chi connectivity index (χ4v) is 4.45. The Balaban J connectivity index is 0.00000225. The van der Waals surface area contributed by atoms with Crippen LogP contribution in [0.15, 0.2) is 27.8 Å². The predicted molar refractivity (Wildman–Crippen MR) is 119 cm³/mol. The minimum Gasteiger partial charge on any atom is -0.468 e. The second kappa shape index (κ2) is 10.8. The Labute approximate surface area is 184 Å². The van der Waals surface area contributed by atoms with Crippen LogP contribution in [0.1, 0.15) is 37.5 Å². The molecule has 28 heavy (non-hydrogen) atoms. The third kappa shape index (κ3) is 5.20. The highest BCUT2D eigenvalue weighted by molar-refractivity contribution is 14.0. The zero-order chi connectivity index (χ0) is 18.5. The molecule has 3 aliphatic heterocycles. The van der Waals surface area contributed by atoms with Crippen molar-refractivity contribution in [3.05, 3.63) is 24.2 Å². The van der Waals surface area contributed by atoms with E-state index in [0.717, 1.165) is 70.5 Å². The summed E-state index contributed by atoms with van der Waals surface area (Å²) >= 11 is 0. The number of ether oxygens (including phenoxy) is 2. The van der Waals surface area contributed by atoms with Crippen LogP contribution < -0.4 is 5.32 Å². The number of morpholine rings is 1. The van der Waals surface area contributed by atoms with Gasteiger partial charge < -0.3 is 24.1 Å². The highest BCUT2D eigenvalue weighted by atomic mass is 127. The van der Waals surface area contributed by atoms with Crippen molar-refractivity contribution in [2.24, 2.45) is 4.99 Å². The molecule has 1 aromatic heterocycles. The molecule has 0 aromatic carbocycles. The Kier molecular flexibility index (Phi) is 8.43. The predicted octanol–water partition coefficient (Wildman–Crippen LogP) is 2.49. The number of hydrogen-bond donors (Lipinski definition) is 1. The Hall–Kier alpha value is -0.840. The van der Waals surface area contributed by atoms with Crippen molar-refractivity contribution in [3.8, 4) is 0 Å². The zero-order valence-electron chi connectivity index (χ0n) is 16.7. The lowest BCUT2D eigenvalue weighted by Crippen LogP contribution is -2.54. The third-order valence-corrected chi connectivity index (χ3v) is 5.89. The molecule has 0 aliphatic carbocycles. The molecule has 3 aliphatic rings. The lowest BCUT2D eigenvalue weighted by atomic mass is 10.1. The summed E-state index contributed by atoms with van der Waals surface area (Å²) in [6.45, 7) is 6.32. The van der Waals surface area contributed by atoms with Crippen LogP contribution in [0, 0.1) is 0 Å². The van der Waals surface area contributed by atoms with E-state index < -0.39 is 0 Å². The summed E-state index contributed by atoms with van der Waals surface area (Å²) in [7, 11) is 1.86. The molecule has 3 fully saturated rings. The number of nitrogens with one attached hydrogen (secondary N) is 1. The van der Waals surface area contributed by atoms with Crippen LogP contribution in [0.4, 0.5) is 0 Å². The van der Waals surface area contributed by atoms with Crippen molar-refractivity contribution >= 4 is 29.9 Å². The quantitative estimate of drug-likeness (QED) is 0.378. The van der Waals surface area contributed by atoms with E-state index in [4.69, 9.17) is 13.9 Å². The van der Waals surface area contributed by atoms with E-state index in [1.165, 1.54) is 12.8 Å². The standard InChI is InChI=1S/C20H32N4O3.HI/c1-21-20(24-10-13-27-19(15-24)18-7-5-12-26-18)22-14-16(17-6-4-11-25-17)23-8-2-3-9-23;/h4,6,11,16,18-19H,2-3,5,7-10,12-15H2,1H3,(H,21,22);1H. The maximum atomic E-state index is 5.98. The van der Waals surface area contributed by atoms with E-state index >= 15 is 0 Å². The van der Waals surface area contributed by atoms with Gasteiger partial charge in [0.05, 0.1) is 25.0 Å². The van der Waals surface area contributed by atoms with Gasteiger partial charge in [0.2, 0.25) is 0 Å². The smallest absolute Gasteiger partial charge is 0.193 e. The van der Waals surface area contributed by atoms with Gasteiger partial charge in [-0.15, -0.1) is 24.0 Å². The monoisotopic (exact) mass is 504 g/mol. The van der Waals surface area contributed by atoms with Gasteiger partial charge in [-0.3, -0.25) is 9.89 Å². The molecule has 1 aromatic rings. The molecule has 3 unspecified atom stereocenters. The molecule has 0 amide bonds. The first-order valence-corrected chi connectivity index (χ1v) is 10.3. The summed E-state index contributed by atoms with van der Waals surface area (Å²) in [6, 6.07) is 4.30. The Morgan fingerprint density at radius 2 is 2.00 bits per heavy atom. The van der Waals surface area contributed by atoms with Gasteiger partial charge >= 0.3 is 0 Å². The van der Waals surface area contributed by atoms with E-state index in [-0.39, 0.29) is 42.2 Å². The number of hydrogen-bond acceptors (Lipinski definition) is 5. The molecule has 0 spiro atoms. The van der Waals surface area contributed by atoms with E-state index in [0.29, 0.717) is 0 Å². The average molecular weight is 504 g/mol. The van der Waals surface area contributed by atoms with Gasteiger partial charge in [-0.1, -0.05) is 0 Å². The van der Waals surface area contributed by atoms with Crippen LogP contribution in [0.3, 0.4) is 0 Å². The number of nitrogens with zero attached hydrogens (tertiary/aromatic N) is 3. The Bertz CT molecular complexity index is 601. The summed E-state index contributed by atoms with van der Waals surface area (Å²) in [5.74, 6) is 1.97. The largest absolute Gasteiger partial charge is 0.468 e. The summed E-state index contributed by atoms with van der Waals surface area (Å²) in [5, 5.41) is 3.59. The van der Waals surface area contributed by atoms with E-state index in [1.54, 1.807) is 6.26 Å².